The van der Waals surface area contributed by atoms with Gasteiger partial charge < -0.3 is 29.9 Å². The maximum absolute atomic E-state index is 12.3. The molecule has 186 valence electrons. The largest absolute Gasteiger partial charge is 0.507 e. The number of phenolic OH excluding ortho intramolecular Hbond substituents is 1. The van der Waals surface area contributed by atoms with E-state index < -0.39 is 35.8 Å². The van der Waals surface area contributed by atoms with Crippen LogP contribution in [-0.2, 0) is 9.53 Å². The fourth-order valence-electron chi connectivity index (χ4n) is 3.83. The highest BCUT2D eigenvalue weighted by Crippen LogP contribution is 2.37. The Balaban J connectivity index is 1.90. The zero-order valence-electron chi connectivity index (χ0n) is 19.9. The van der Waals surface area contributed by atoms with Gasteiger partial charge in [-0.3, -0.25) is 9.79 Å². The summed E-state index contributed by atoms with van der Waals surface area (Å²) >= 11 is 0. The van der Waals surface area contributed by atoms with Gasteiger partial charge in [0.05, 0.1) is 24.4 Å². The maximum Gasteiger partial charge on any atom is 0.186 e. The Kier molecular flexibility index (Phi) is 8.65. The molecule has 1 aromatic carbocycles. The molecule has 8 heteroatoms. The highest BCUT2D eigenvalue weighted by molar-refractivity contribution is 5.93. The molecule has 2 aliphatic heterocycles. The molecule has 1 aromatic rings. The number of carbonyl (C=O) groups excluding carboxylic acids is 1. The Morgan fingerprint density at radius 3 is 2.68 bits per heavy atom. The van der Waals surface area contributed by atoms with Crippen molar-refractivity contribution in [1.29, 1.82) is 0 Å². The average molecular weight is 474 g/mol. The number of nitrogens with zero attached hydrogens (tertiary/aromatic N) is 1. The van der Waals surface area contributed by atoms with Crippen LogP contribution in [-0.4, -0.2) is 63.9 Å². The van der Waals surface area contributed by atoms with Crippen LogP contribution >= 0.6 is 0 Å². The highest BCUT2D eigenvalue weighted by Gasteiger charge is 2.30. The number of ether oxygens (including phenoxy) is 2. The van der Waals surface area contributed by atoms with E-state index in [1.54, 1.807) is 31.2 Å². The molecule has 2 aliphatic rings. The van der Waals surface area contributed by atoms with E-state index in [9.17, 15) is 25.2 Å². The molecule has 0 amide bonds. The van der Waals surface area contributed by atoms with Crippen molar-refractivity contribution in [2.75, 3.05) is 13.2 Å². The number of benzene rings is 1. The molecule has 0 bridgehead atoms. The first kappa shape index (κ1) is 26.1. The van der Waals surface area contributed by atoms with Gasteiger partial charge in [-0.1, -0.05) is 32.1 Å². The van der Waals surface area contributed by atoms with Crippen LogP contribution in [0.15, 0.2) is 35.4 Å². The van der Waals surface area contributed by atoms with Gasteiger partial charge in [0, 0.05) is 24.2 Å². The van der Waals surface area contributed by atoms with E-state index in [4.69, 9.17) is 9.47 Å². The summed E-state index contributed by atoms with van der Waals surface area (Å²) in [4.78, 5) is 16.5. The number of hydrogen-bond donors (Lipinski definition) is 4. The van der Waals surface area contributed by atoms with E-state index in [0.717, 1.165) is 19.4 Å². The van der Waals surface area contributed by atoms with E-state index in [-0.39, 0.29) is 17.7 Å². The molecular weight excluding hydrogens is 438 g/mol. The van der Waals surface area contributed by atoms with Gasteiger partial charge in [0.25, 0.3) is 0 Å². The summed E-state index contributed by atoms with van der Waals surface area (Å²) in [7, 11) is 0. The van der Waals surface area contributed by atoms with Gasteiger partial charge in [-0.05, 0) is 49.8 Å². The molecule has 0 aromatic heterocycles. The molecule has 8 nitrogen and oxygen atoms in total. The van der Waals surface area contributed by atoms with Crippen LogP contribution in [0.1, 0.15) is 57.5 Å². The first-order chi connectivity index (χ1) is 16.1. The number of aromatic hydroxyl groups is 1. The quantitative estimate of drug-likeness (QED) is 0.529. The van der Waals surface area contributed by atoms with Crippen molar-refractivity contribution in [1.82, 2.24) is 0 Å². The predicted molar refractivity (Wildman–Crippen MR) is 129 cm³/mol. The summed E-state index contributed by atoms with van der Waals surface area (Å²) in [5.41, 5.74) is -0.0826. The Morgan fingerprint density at radius 2 is 1.97 bits per heavy atom. The summed E-state index contributed by atoms with van der Waals surface area (Å²) in [6.07, 6.45) is 4.84. The zero-order valence-corrected chi connectivity index (χ0v) is 19.9. The van der Waals surface area contributed by atoms with Gasteiger partial charge in [-0.15, -0.1) is 0 Å². The van der Waals surface area contributed by atoms with Gasteiger partial charge >= 0.3 is 0 Å². The lowest BCUT2D eigenvalue weighted by molar-refractivity contribution is -0.157. The van der Waals surface area contributed by atoms with Crippen LogP contribution < -0.4 is 4.74 Å². The van der Waals surface area contributed by atoms with Crippen LogP contribution in [0.2, 0.25) is 0 Å². The van der Waals surface area contributed by atoms with Crippen molar-refractivity contribution in [3.05, 3.63) is 41.5 Å². The molecule has 0 radical (unpaired) electrons. The summed E-state index contributed by atoms with van der Waals surface area (Å²) in [5, 5.41) is 42.0. The molecule has 0 saturated carbocycles. The number of hydrogen-bond acceptors (Lipinski definition) is 8. The molecule has 4 N–H and O–H groups in total. The van der Waals surface area contributed by atoms with E-state index in [1.165, 1.54) is 12.1 Å². The number of phenols is 1. The van der Waals surface area contributed by atoms with Crippen molar-refractivity contribution in [2.45, 2.75) is 64.6 Å². The van der Waals surface area contributed by atoms with Crippen molar-refractivity contribution in [3.63, 3.8) is 0 Å². The van der Waals surface area contributed by atoms with E-state index in [2.05, 4.69) is 4.99 Å². The lowest BCUT2D eigenvalue weighted by atomic mass is 9.86. The molecule has 5 atom stereocenters. The SMILES string of the molecule is CC1OC(O)c2c(O)cc(OCCC3C=NCC3)cc2/C=C/CC(O)C(O)C(=O)/C=C\C1(C)C. The third kappa shape index (κ3) is 6.54. The predicted octanol–water partition coefficient (Wildman–Crippen LogP) is 2.94. The maximum atomic E-state index is 12.3. The van der Waals surface area contributed by atoms with Crippen LogP contribution in [0, 0.1) is 11.3 Å². The topological polar surface area (TPSA) is 129 Å². The Hall–Kier alpha value is -2.52. The van der Waals surface area contributed by atoms with Gasteiger partial charge in [-0.2, -0.15) is 0 Å². The second-order valence-electron chi connectivity index (χ2n) is 9.52. The fourth-order valence-corrected chi connectivity index (χ4v) is 3.83. The third-order valence-electron chi connectivity index (χ3n) is 6.50. The molecule has 34 heavy (non-hydrogen) atoms. The number of fused-ring (bicyclic) bond motifs is 1. The third-order valence-corrected chi connectivity index (χ3v) is 6.50. The molecule has 0 spiro atoms. The number of aliphatic hydroxyl groups is 3. The van der Waals surface area contributed by atoms with Crippen molar-refractivity contribution in [2.24, 2.45) is 16.3 Å². The fraction of sp³-hybridized carbons (Fsp3) is 0.538. The Labute approximate surface area is 200 Å². The number of ketones is 1. The number of carbonyl (C=O) groups is 1. The number of aliphatic imine (C=N–C) groups is 1. The van der Waals surface area contributed by atoms with E-state index >= 15 is 0 Å². The molecule has 2 heterocycles. The van der Waals surface area contributed by atoms with E-state index in [0.29, 0.717) is 23.8 Å². The summed E-state index contributed by atoms with van der Waals surface area (Å²) in [5.74, 6) is 0.0158. The van der Waals surface area contributed by atoms with Gasteiger partial charge in [-0.25, -0.2) is 0 Å². The first-order valence-electron chi connectivity index (χ1n) is 11.7. The smallest absolute Gasteiger partial charge is 0.186 e. The second-order valence-corrected chi connectivity index (χ2v) is 9.52. The second kappa shape index (κ2) is 11.3. The minimum Gasteiger partial charge on any atom is -0.507 e. The average Bonchev–Trinajstić information content (AvgIpc) is 3.29. The first-order valence-corrected chi connectivity index (χ1v) is 11.7. The van der Waals surface area contributed by atoms with Crippen LogP contribution in [0.5, 0.6) is 11.5 Å². The minimum absolute atomic E-state index is 0.0101. The van der Waals surface area contributed by atoms with Crippen molar-refractivity contribution in [3.8, 4) is 11.5 Å². The van der Waals surface area contributed by atoms with Crippen LogP contribution in [0.25, 0.3) is 6.08 Å². The normalized spacial score (nSPS) is 31.5. The lowest BCUT2D eigenvalue weighted by Gasteiger charge is -2.31. The van der Waals surface area contributed by atoms with Gasteiger partial charge in [0.2, 0.25) is 0 Å². The van der Waals surface area contributed by atoms with E-state index in [1.807, 2.05) is 20.1 Å². The standard InChI is InChI=1S/C26H35NO7/c1-16-26(2,3)10-7-21(29)24(31)20(28)6-4-5-18-13-19(14-22(30)23(18)25(32)34-16)33-12-9-17-8-11-27-15-17/h4-5,7,10,13-17,20,24-25,28,30-32H,6,8-9,11-12H2,1-3H3/b5-4+,10-7-. The van der Waals surface area contributed by atoms with Crippen LogP contribution in [0.4, 0.5) is 0 Å². The molecular formula is C26H35NO7. The summed E-state index contributed by atoms with van der Waals surface area (Å²) < 4.78 is 11.7. The molecule has 0 aliphatic carbocycles. The Morgan fingerprint density at radius 1 is 1.21 bits per heavy atom. The minimum atomic E-state index is -1.57. The monoisotopic (exact) mass is 473 g/mol. The summed E-state index contributed by atoms with van der Waals surface area (Å²) in [6, 6.07) is 3.12. The van der Waals surface area contributed by atoms with Gasteiger partial charge in [0.1, 0.15) is 17.6 Å². The molecule has 0 fully saturated rings. The van der Waals surface area contributed by atoms with Crippen molar-refractivity contribution < 1.29 is 34.7 Å². The lowest BCUT2D eigenvalue weighted by Crippen LogP contribution is -2.34. The molecule has 3 rings (SSSR count). The zero-order chi connectivity index (χ0) is 24.9. The van der Waals surface area contributed by atoms with Crippen LogP contribution in [0.3, 0.4) is 0 Å². The molecule has 0 saturated heterocycles. The summed E-state index contributed by atoms with van der Waals surface area (Å²) in [6.45, 7) is 6.66. The Bertz CT molecular complexity index is 953. The highest BCUT2D eigenvalue weighted by atomic mass is 16.6. The van der Waals surface area contributed by atoms with Gasteiger partial charge in [0.15, 0.2) is 12.1 Å². The van der Waals surface area contributed by atoms with Crippen molar-refractivity contribution >= 4 is 18.1 Å². The number of aliphatic hydroxyl groups excluding tert-OH is 3. The number of rotatable bonds is 4. The molecule has 5 unspecified atom stereocenters.